The molecule has 2 aromatic heterocycles. The molecule has 0 spiro atoms. The van der Waals surface area contributed by atoms with Gasteiger partial charge in [0.05, 0.1) is 17.2 Å². The van der Waals surface area contributed by atoms with Gasteiger partial charge in [-0.05, 0) is 12.5 Å². The second kappa shape index (κ2) is 6.13. The summed E-state index contributed by atoms with van der Waals surface area (Å²) in [6.45, 7) is 4.68. The van der Waals surface area contributed by atoms with Crippen LogP contribution in [0, 0.1) is 0 Å². The standard InChI is InChI=1S/C17H19N3O2/c1-3-5-10-20-16-12-8-6-7-9-13(12)18-11-14(16)19-17(20)22-15(21)4-2/h6-9,11H,3-5,10H2,1-2H3. The molecule has 22 heavy (non-hydrogen) atoms. The molecule has 0 unspecified atom stereocenters. The molecule has 5 nitrogen and oxygen atoms in total. The summed E-state index contributed by atoms with van der Waals surface area (Å²) in [7, 11) is 0. The summed E-state index contributed by atoms with van der Waals surface area (Å²) < 4.78 is 7.41. The molecule has 0 saturated carbocycles. The van der Waals surface area contributed by atoms with Crippen LogP contribution in [0.25, 0.3) is 21.9 Å². The van der Waals surface area contributed by atoms with Gasteiger partial charge in [0, 0.05) is 18.4 Å². The number of rotatable bonds is 5. The van der Waals surface area contributed by atoms with Crippen LogP contribution in [-0.4, -0.2) is 20.5 Å². The molecule has 0 amide bonds. The van der Waals surface area contributed by atoms with Crippen LogP contribution in [-0.2, 0) is 11.3 Å². The highest BCUT2D eigenvalue weighted by molar-refractivity contribution is 6.02. The summed E-state index contributed by atoms with van der Waals surface area (Å²) >= 11 is 0. The third kappa shape index (κ3) is 2.54. The molecule has 0 saturated heterocycles. The quantitative estimate of drug-likeness (QED) is 0.674. The fourth-order valence-electron chi connectivity index (χ4n) is 2.52. The average Bonchev–Trinajstić information content (AvgIpc) is 2.90. The van der Waals surface area contributed by atoms with Gasteiger partial charge in [-0.1, -0.05) is 38.5 Å². The summed E-state index contributed by atoms with van der Waals surface area (Å²) in [6, 6.07) is 8.32. The number of carbonyl (C=O) groups is 1. The van der Waals surface area contributed by atoms with Crippen LogP contribution < -0.4 is 4.74 Å². The molecular weight excluding hydrogens is 278 g/mol. The predicted molar refractivity (Wildman–Crippen MR) is 85.9 cm³/mol. The molecule has 0 aliphatic carbocycles. The Morgan fingerprint density at radius 2 is 2.05 bits per heavy atom. The van der Waals surface area contributed by atoms with E-state index in [4.69, 9.17) is 4.74 Å². The lowest BCUT2D eigenvalue weighted by atomic mass is 10.2. The number of carbonyl (C=O) groups excluding carboxylic acids is 1. The minimum Gasteiger partial charge on any atom is -0.392 e. The molecule has 3 aromatic rings. The van der Waals surface area contributed by atoms with Crippen LogP contribution in [0.15, 0.2) is 30.5 Å². The van der Waals surface area contributed by atoms with Crippen molar-refractivity contribution in [2.45, 2.75) is 39.7 Å². The van der Waals surface area contributed by atoms with Gasteiger partial charge >= 0.3 is 12.0 Å². The number of benzene rings is 1. The zero-order valence-corrected chi connectivity index (χ0v) is 12.9. The molecule has 0 N–H and O–H groups in total. The highest BCUT2D eigenvalue weighted by Gasteiger charge is 2.17. The summed E-state index contributed by atoms with van der Waals surface area (Å²) in [5.74, 6) is -0.273. The van der Waals surface area contributed by atoms with Gasteiger partial charge in [0.2, 0.25) is 0 Å². The number of fused-ring (bicyclic) bond motifs is 3. The van der Waals surface area contributed by atoms with E-state index in [1.165, 1.54) is 0 Å². The number of aryl methyl sites for hydroxylation is 1. The number of hydrogen-bond donors (Lipinski definition) is 0. The molecule has 0 bridgehead atoms. The summed E-state index contributed by atoms with van der Waals surface area (Å²) in [4.78, 5) is 20.5. The molecule has 5 heteroatoms. The van der Waals surface area contributed by atoms with Crippen LogP contribution in [0.1, 0.15) is 33.1 Å². The summed E-state index contributed by atoms with van der Waals surface area (Å²) in [5, 5.41) is 1.03. The monoisotopic (exact) mass is 297 g/mol. The second-order valence-electron chi connectivity index (χ2n) is 5.24. The van der Waals surface area contributed by atoms with E-state index in [-0.39, 0.29) is 5.97 Å². The Labute approximate surface area is 128 Å². The molecule has 2 heterocycles. The molecule has 114 valence electrons. The fourth-order valence-corrected chi connectivity index (χ4v) is 2.52. The van der Waals surface area contributed by atoms with Crippen molar-refractivity contribution in [3.8, 4) is 6.01 Å². The largest absolute Gasteiger partial charge is 0.392 e. The zero-order chi connectivity index (χ0) is 15.5. The molecular formula is C17H19N3O2. The van der Waals surface area contributed by atoms with Gasteiger partial charge < -0.3 is 4.74 Å². The number of unbranched alkanes of at least 4 members (excludes halogenated alkanes) is 1. The van der Waals surface area contributed by atoms with Crippen LogP contribution in [0.5, 0.6) is 6.01 Å². The smallest absolute Gasteiger partial charge is 0.313 e. The van der Waals surface area contributed by atoms with Crippen molar-refractivity contribution in [2.24, 2.45) is 0 Å². The fraction of sp³-hybridized carbons (Fsp3) is 0.353. The maximum atomic E-state index is 11.7. The number of pyridine rings is 1. The minimum absolute atomic E-state index is 0.273. The Morgan fingerprint density at radius 1 is 1.23 bits per heavy atom. The van der Waals surface area contributed by atoms with E-state index in [1.807, 2.05) is 28.8 Å². The number of para-hydroxylation sites is 1. The third-order valence-corrected chi connectivity index (χ3v) is 3.67. The lowest BCUT2D eigenvalue weighted by Gasteiger charge is -2.09. The van der Waals surface area contributed by atoms with Gasteiger partial charge in [-0.3, -0.25) is 14.3 Å². The van der Waals surface area contributed by atoms with Crippen LogP contribution in [0.4, 0.5) is 0 Å². The Kier molecular flexibility index (Phi) is 4.04. The third-order valence-electron chi connectivity index (χ3n) is 3.67. The number of ether oxygens (including phenoxy) is 1. The second-order valence-corrected chi connectivity index (χ2v) is 5.24. The molecule has 0 aliphatic heterocycles. The number of imidazole rings is 1. The van der Waals surface area contributed by atoms with E-state index >= 15 is 0 Å². The Hall–Kier alpha value is -2.43. The first kappa shape index (κ1) is 14.5. The van der Waals surface area contributed by atoms with E-state index in [1.54, 1.807) is 13.1 Å². The molecule has 0 radical (unpaired) electrons. The summed E-state index contributed by atoms with van der Waals surface area (Å²) in [5.41, 5.74) is 2.66. The lowest BCUT2D eigenvalue weighted by molar-refractivity contribution is -0.134. The van der Waals surface area contributed by atoms with Gasteiger partial charge in [-0.25, -0.2) is 0 Å². The number of nitrogens with zero attached hydrogens (tertiary/aromatic N) is 3. The van der Waals surface area contributed by atoms with E-state index in [9.17, 15) is 4.79 Å². The molecule has 0 atom stereocenters. The molecule has 1 aromatic carbocycles. The first-order chi connectivity index (χ1) is 10.7. The highest BCUT2D eigenvalue weighted by Crippen LogP contribution is 2.28. The van der Waals surface area contributed by atoms with Crippen molar-refractivity contribution in [3.05, 3.63) is 30.5 Å². The van der Waals surface area contributed by atoms with Crippen LogP contribution in [0.3, 0.4) is 0 Å². The maximum Gasteiger partial charge on any atom is 0.313 e. The molecule has 0 fully saturated rings. The average molecular weight is 297 g/mol. The van der Waals surface area contributed by atoms with Crippen LogP contribution in [0.2, 0.25) is 0 Å². The molecule has 3 rings (SSSR count). The predicted octanol–water partition coefficient (Wildman–Crippen LogP) is 3.70. The molecule has 0 aliphatic rings. The van der Waals surface area contributed by atoms with Gasteiger partial charge in [0.15, 0.2) is 0 Å². The van der Waals surface area contributed by atoms with Crippen molar-refractivity contribution in [3.63, 3.8) is 0 Å². The zero-order valence-electron chi connectivity index (χ0n) is 12.9. The number of esters is 1. The van der Waals surface area contributed by atoms with Gasteiger partial charge in [-0.2, -0.15) is 4.98 Å². The SMILES string of the molecule is CCCCn1c(OC(=O)CC)nc2cnc3ccccc3c21. The normalized spacial score (nSPS) is 11.2. The Balaban J connectivity index is 2.22. The highest BCUT2D eigenvalue weighted by atomic mass is 16.5. The maximum absolute atomic E-state index is 11.7. The van der Waals surface area contributed by atoms with Crippen molar-refractivity contribution in [1.82, 2.24) is 14.5 Å². The van der Waals surface area contributed by atoms with Gasteiger partial charge in [0.1, 0.15) is 5.52 Å². The van der Waals surface area contributed by atoms with Crippen LogP contribution >= 0.6 is 0 Å². The first-order valence-corrected chi connectivity index (χ1v) is 7.69. The van der Waals surface area contributed by atoms with Gasteiger partial charge in [-0.15, -0.1) is 0 Å². The number of hydrogen-bond acceptors (Lipinski definition) is 4. The number of aromatic nitrogens is 3. The summed E-state index contributed by atoms with van der Waals surface area (Å²) in [6.07, 6.45) is 4.13. The van der Waals surface area contributed by atoms with Gasteiger partial charge in [0.25, 0.3) is 0 Å². The van der Waals surface area contributed by atoms with Crippen molar-refractivity contribution in [2.75, 3.05) is 0 Å². The van der Waals surface area contributed by atoms with Crippen molar-refractivity contribution in [1.29, 1.82) is 0 Å². The topological polar surface area (TPSA) is 57.0 Å². The Morgan fingerprint density at radius 3 is 2.82 bits per heavy atom. The van der Waals surface area contributed by atoms with E-state index in [0.717, 1.165) is 41.3 Å². The first-order valence-electron chi connectivity index (χ1n) is 7.69. The Bertz CT molecular complexity index is 823. The van der Waals surface area contributed by atoms with Crippen molar-refractivity contribution >= 4 is 27.9 Å². The minimum atomic E-state index is -0.273. The van der Waals surface area contributed by atoms with E-state index in [0.29, 0.717) is 12.4 Å². The van der Waals surface area contributed by atoms with E-state index in [2.05, 4.69) is 16.9 Å². The van der Waals surface area contributed by atoms with E-state index < -0.39 is 0 Å². The lowest BCUT2D eigenvalue weighted by Crippen LogP contribution is -2.11. The van der Waals surface area contributed by atoms with Crippen molar-refractivity contribution < 1.29 is 9.53 Å².